The molecule has 2 aliphatic heterocycles. The van der Waals surface area contributed by atoms with Gasteiger partial charge in [0, 0.05) is 29.1 Å². The predicted molar refractivity (Wildman–Crippen MR) is 106 cm³/mol. The van der Waals surface area contributed by atoms with Crippen LogP contribution in [0.5, 0.6) is 0 Å². The van der Waals surface area contributed by atoms with E-state index in [1.54, 1.807) is 0 Å². The minimum absolute atomic E-state index is 0.301. The Hall–Kier alpha value is -1.07. The summed E-state index contributed by atoms with van der Waals surface area (Å²) in [5, 5.41) is 5.54. The molecule has 6 heteroatoms. The van der Waals surface area contributed by atoms with E-state index in [-0.39, 0.29) is 0 Å². The molecule has 1 saturated carbocycles. The second kappa shape index (κ2) is 7.07. The number of halogens is 2. The standard InChI is InChI=1S/C21H24Cl2N2O2/c1-25-13-7-8-14(25)10-15(9-13)26-11-16-20(24-27-21(16)12-5-6-12)19-17(22)3-2-4-18(19)23/h2-4,12-15H,5-11H2,1H3/t13-,14+,15?. The van der Waals surface area contributed by atoms with E-state index >= 15 is 0 Å². The SMILES string of the molecule is CN1[C@@H]2CC[C@H]1CC(OCc1c(-c3c(Cl)cccc3Cl)noc1C1CC1)C2. The van der Waals surface area contributed by atoms with Gasteiger partial charge in [0.15, 0.2) is 0 Å². The van der Waals surface area contributed by atoms with E-state index < -0.39 is 0 Å². The van der Waals surface area contributed by atoms with Crippen LogP contribution < -0.4 is 0 Å². The molecule has 5 rings (SSSR count). The fourth-order valence-corrected chi connectivity index (χ4v) is 5.32. The highest BCUT2D eigenvalue weighted by Crippen LogP contribution is 2.46. The van der Waals surface area contributed by atoms with Crippen LogP contribution in [0.4, 0.5) is 0 Å². The Kier molecular flexibility index (Phi) is 4.71. The summed E-state index contributed by atoms with van der Waals surface area (Å²) in [4.78, 5) is 2.53. The molecule has 0 radical (unpaired) electrons. The third-order valence-corrected chi connectivity index (χ3v) is 7.11. The molecule has 1 aromatic heterocycles. The molecule has 3 aliphatic rings. The van der Waals surface area contributed by atoms with Crippen molar-refractivity contribution in [1.82, 2.24) is 10.1 Å². The second-order valence-corrected chi connectivity index (χ2v) is 9.01. The molecule has 1 unspecified atom stereocenters. The van der Waals surface area contributed by atoms with Crippen molar-refractivity contribution in [1.29, 1.82) is 0 Å². The third kappa shape index (κ3) is 3.31. The number of nitrogens with zero attached hydrogens (tertiary/aromatic N) is 2. The first kappa shape index (κ1) is 18.0. The van der Waals surface area contributed by atoms with Crippen LogP contribution in [0.2, 0.25) is 10.0 Å². The van der Waals surface area contributed by atoms with Gasteiger partial charge in [-0.15, -0.1) is 0 Å². The van der Waals surface area contributed by atoms with E-state index in [1.165, 1.54) is 12.8 Å². The van der Waals surface area contributed by atoms with Crippen LogP contribution in [-0.2, 0) is 11.3 Å². The molecule has 4 nitrogen and oxygen atoms in total. The molecular weight excluding hydrogens is 383 g/mol. The minimum atomic E-state index is 0.301. The van der Waals surface area contributed by atoms with Crippen LogP contribution in [0.25, 0.3) is 11.3 Å². The summed E-state index contributed by atoms with van der Waals surface area (Å²) in [6.07, 6.45) is 7.41. The van der Waals surface area contributed by atoms with Crippen LogP contribution >= 0.6 is 23.2 Å². The Morgan fingerprint density at radius 2 is 1.78 bits per heavy atom. The maximum Gasteiger partial charge on any atom is 0.145 e. The van der Waals surface area contributed by atoms with Crippen molar-refractivity contribution in [3.63, 3.8) is 0 Å². The van der Waals surface area contributed by atoms with Gasteiger partial charge < -0.3 is 14.2 Å². The van der Waals surface area contributed by atoms with Crippen molar-refractivity contribution in [3.8, 4) is 11.3 Å². The van der Waals surface area contributed by atoms with Crippen LogP contribution in [0.3, 0.4) is 0 Å². The number of aromatic nitrogens is 1. The van der Waals surface area contributed by atoms with E-state index in [0.29, 0.717) is 40.8 Å². The zero-order valence-corrected chi connectivity index (χ0v) is 17.0. The summed E-state index contributed by atoms with van der Waals surface area (Å²) in [5.74, 6) is 1.41. The van der Waals surface area contributed by atoms with Gasteiger partial charge in [-0.3, -0.25) is 0 Å². The highest BCUT2D eigenvalue weighted by atomic mass is 35.5. The van der Waals surface area contributed by atoms with Gasteiger partial charge in [-0.2, -0.15) is 0 Å². The van der Waals surface area contributed by atoms with Crippen LogP contribution in [0, 0.1) is 0 Å². The van der Waals surface area contributed by atoms with E-state index in [4.69, 9.17) is 32.5 Å². The molecular formula is C21H24Cl2N2O2. The molecule has 1 aromatic carbocycles. The maximum absolute atomic E-state index is 6.44. The Morgan fingerprint density at radius 1 is 1.11 bits per heavy atom. The summed E-state index contributed by atoms with van der Waals surface area (Å²) in [5.41, 5.74) is 2.51. The average Bonchev–Trinajstić information content (AvgIpc) is 3.38. The van der Waals surface area contributed by atoms with Gasteiger partial charge in [-0.1, -0.05) is 34.4 Å². The van der Waals surface area contributed by atoms with E-state index in [9.17, 15) is 0 Å². The van der Waals surface area contributed by atoms with Gasteiger partial charge in [0.2, 0.25) is 0 Å². The van der Waals surface area contributed by atoms with Gasteiger partial charge in [0.25, 0.3) is 0 Å². The van der Waals surface area contributed by atoms with Crippen molar-refractivity contribution in [2.75, 3.05) is 7.05 Å². The average molecular weight is 407 g/mol. The lowest BCUT2D eigenvalue weighted by molar-refractivity contribution is -0.0214. The number of fused-ring (bicyclic) bond motifs is 2. The van der Waals surface area contributed by atoms with Gasteiger partial charge in [0.05, 0.1) is 22.8 Å². The summed E-state index contributed by atoms with van der Waals surface area (Å²) in [6, 6.07) is 6.86. The van der Waals surface area contributed by atoms with Gasteiger partial charge in [-0.05, 0) is 57.7 Å². The number of ether oxygens (including phenoxy) is 1. The summed E-state index contributed by atoms with van der Waals surface area (Å²) in [7, 11) is 2.25. The molecule has 3 heterocycles. The molecule has 0 amide bonds. The second-order valence-electron chi connectivity index (χ2n) is 8.20. The molecule has 3 atom stereocenters. The van der Waals surface area contributed by atoms with Crippen LogP contribution in [0.1, 0.15) is 55.8 Å². The normalized spacial score (nSPS) is 28.0. The first-order chi connectivity index (χ1) is 13.1. The first-order valence-electron chi connectivity index (χ1n) is 9.88. The summed E-state index contributed by atoms with van der Waals surface area (Å²) < 4.78 is 12.1. The lowest BCUT2D eigenvalue weighted by Crippen LogP contribution is -2.42. The van der Waals surface area contributed by atoms with Crippen molar-refractivity contribution in [2.45, 2.75) is 69.2 Å². The van der Waals surface area contributed by atoms with Gasteiger partial charge in [0.1, 0.15) is 11.5 Å². The highest BCUT2D eigenvalue weighted by Gasteiger charge is 2.39. The topological polar surface area (TPSA) is 38.5 Å². The van der Waals surface area contributed by atoms with Crippen LogP contribution in [-0.4, -0.2) is 35.3 Å². The third-order valence-electron chi connectivity index (χ3n) is 6.48. The molecule has 27 heavy (non-hydrogen) atoms. The van der Waals surface area contributed by atoms with Crippen molar-refractivity contribution in [2.24, 2.45) is 0 Å². The van der Waals surface area contributed by atoms with E-state index in [2.05, 4.69) is 17.1 Å². The van der Waals surface area contributed by atoms with Crippen LogP contribution in [0.15, 0.2) is 22.7 Å². The first-order valence-corrected chi connectivity index (χ1v) is 10.6. The fraction of sp³-hybridized carbons (Fsp3) is 0.571. The molecule has 0 N–H and O–H groups in total. The lowest BCUT2D eigenvalue weighted by Gasteiger charge is -2.36. The molecule has 0 spiro atoms. The number of piperidine rings is 1. The zero-order valence-electron chi connectivity index (χ0n) is 15.5. The van der Waals surface area contributed by atoms with Gasteiger partial charge in [-0.25, -0.2) is 0 Å². The van der Waals surface area contributed by atoms with Crippen molar-refractivity contribution >= 4 is 23.2 Å². The molecule has 1 aliphatic carbocycles. The molecule has 2 saturated heterocycles. The Bertz CT molecular complexity index is 814. The zero-order chi connectivity index (χ0) is 18.5. The Balaban J connectivity index is 1.41. The lowest BCUT2D eigenvalue weighted by atomic mass is 10.00. The number of hydrogen-bond donors (Lipinski definition) is 0. The maximum atomic E-state index is 6.44. The molecule has 144 valence electrons. The minimum Gasteiger partial charge on any atom is -0.373 e. The summed E-state index contributed by atoms with van der Waals surface area (Å²) in [6.45, 7) is 0.514. The molecule has 2 aromatic rings. The van der Waals surface area contributed by atoms with E-state index in [0.717, 1.165) is 48.3 Å². The number of hydrogen-bond acceptors (Lipinski definition) is 4. The smallest absolute Gasteiger partial charge is 0.145 e. The van der Waals surface area contributed by atoms with Gasteiger partial charge >= 0.3 is 0 Å². The van der Waals surface area contributed by atoms with Crippen molar-refractivity contribution < 1.29 is 9.26 Å². The highest BCUT2D eigenvalue weighted by molar-refractivity contribution is 6.39. The van der Waals surface area contributed by atoms with E-state index in [1.807, 2.05) is 18.2 Å². The fourth-order valence-electron chi connectivity index (χ4n) is 4.75. The molecule has 3 fully saturated rings. The largest absolute Gasteiger partial charge is 0.373 e. The van der Waals surface area contributed by atoms with Crippen molar-refractivity contribution in [3.05, 3.63) is 39.6 Å². The monoisotopic (exact) mass is 406 g/mol. The quantitative estimate of drug-likeness (QED) is 0.640. The molecule has 2 bridgehead atoms. The Labute approximate surface area is 169 Å². The predicted octanol–water partition coefficient (Wildman–Crippen LogP) is 5.67. The number of rotatable bonds is 5. The number of benzene rings is 1. The summed E-state index contributed by atoms with van der Waals surface area (Å²) >= 11 is 12.9. The Morgan fingerprint density at radius 3 is 2.41 bits per heavy atom.